The van der Waals surface area contributed by atoms with E-state index in [9.17, 15) is 32.8 Å². The van der Waals surface area contributed by atoms with Gasteiger partial charge in [-0.1, -0.05) is 138 Å². The lowest BCUT2D eigenvalue weighted by Crippen LogP contribution is -2.11. The summed E-state index contributed by atoms with van der Waals surface area (Å²) in [6.07, 6.45) is 31.2. The Kier molecular flexibility index (Phi) is 31.8. The molecule has 0 N–H and O–H groups in total. The summed E-state index contributed by atoms with van der Waals surface area (Å²) in [5, 5.41) is 0. The van der Waals surface area contributed by atoms with Crippen LogP contribution in [0.3, 0.4) is 0 Å². The number of carbonyl (C=O) groups is 5. The fraction of sp³-hybridized carbons (Fsp3) is 0.139. The van der Waals surface area contributed by atoms with Crippen LogP contribution in [0.4, 0.5) is 65.7 Å². The third-order valence-electron chi connectivity index (χ3n) is 19.8. The van der Waals surface area contributed by atoms with E-state index in [2.05, 4.69) is 55.8 Å². The van der Waals surface area contributed by atoms with E-state index in [-0.39, 0.29) is 47.6 Å². The van der Waals surface area contributed by atoms with Crippen molar-refractivity contribution in [3.63, 3.8) is 0 Å². The van der Waals surface area contributed by atoms with Crippen LogP contribution in [-0.4, -0.2) is 121 Å². The summed E-state index contributed by atoms with van der Waals surface area (Å²) in [5.74, 6) is 2.55. The summed E-state index contributed by atoms with van der Waals surface area (Å²) in [7, 11) is 11.0. The van der Waals surface area contributed by atoms with Gasteiger partial charge in [-0.25, -0.2) is 58.6 Å². The Morgan fingerprint density at radius 2 is 0.540 bits per heavy atom. The number of Topliss-reactive ketones (excluding diaryl/α,β-unsaturated/α-hetero) is 5. The first-order valence-corrected chi connectivity index (χ1v) is 39.4. The molecule has 0 atom stereocenters. The number of benzene rings is 10. The normalized spacial score (nSPS) is 10.4. The Morgan fingerprint density at radius 1 is 0.290 bits per heavy atom. The first kappa shape index (κ1) is 89.0. The van der Waals surface area contributed by atoms with Gasteiger partial charge < -0.3 is 29.2 Å². The van der Waals surface area contributed by atoms with Crippen LogP contribution in [0.25, 0.3) is 0 Å². The monoisotopic (exact) mass is 1650 g/mol. The average Bonchev–Trinajstić information content (AvgIpc) is 0.799. The topological polar surface area (TPSA) is 240 Å². The van der Waals surface area contributed by atoms with Crippen molar-refractivity contribution in [2.75, 3.05) is 66.8 Å². The fourth-order valence-electron chi connectivity index (χ4n) is 13.0. The molecule has 21 nitrogen and oxygen atoms in total. The van der Waals surface area contributed by atoms with Crippen LogP contribution in [0.1, 0.15) is 102 Å². The van der Waals surface area contributed by atoms with E-state index >= 15 is 0 Å². The third kappa shape index (κ3) is 26.1. The predicted molar refractivity (Wildman–Crippen MR) is 484 cm³/mol. The van der Waals surface area contributed by atoms with Gasteiger partial charge in [0.15, 0.2) is 28.9 Å². The van der Waals surface area contributed by atoms with Gasteiger partial charge >= 0.3 is 0 Å². The number of methoxy groups -OCH3 is 1. The fourth-order valence-corrected chi connectivity index (χ4v) is 13.0. The first-order chi connectivity index (χ1) is 60.0. The second-order valence-electron chi connectivity index (χ2n) is 29.0. The van der Waals surface area contributed by atoms with Gasteiger partial charge in [0.1, 0.15) is 49.0 Å². The van der Waals surface area contributed by atoms with Crippen LogP contribution >= 0.6 is 0 Å². The molecule has 620 valence electrons. The molecule has 15 aromatic rings. The van der Waals surface area contributed by atoms with Crippen molar-refractivity contribution in [3.8, 4) is 18.1 Å². The lowest BCUT2D eigenvalue weighted by atomic mass is 10.0. The third-order valence-corrected chi connectivity index (χ3v) is 19.8. The van der Waals surface area contributed by atoms with Gasteiger partial charge in [0.25, 0.3) is 0 Å². The standard InChI is InChI=1S/C21H16FN3O.C20H18FN3O.C20H19N3O2.2C20H19N3O/c1-3-15-5-4-6-17(7-15)21(26)10-16-8-18(22)11-19(9-16)25(2)20-12-23-14-24-13-20;1-14-4-3-5-16(6-14)20(25)9-15-7-17(21)10-18(8-15)24(2)19-11-22-13-23-12-19;1-23(18-12-21-14-22-13-18)17-7-3-5-15(9-17)10-20(24)16-6-4-8-19(11-16)25-2;2*1-15-5-3-7-17(9-15)20(24)11-16-6-4-8-18(10-16)23(2)19-12-21-14-22-13-19/h1,4-9,11-14H,10H2,2H3;3-8,10-13H,9H2,1-2H3;3-9,11-14H,10H2,1-2H3;2*3-10,12-14H,11H2,1-2H3. The lowest BCUT2D eigenvalue weighted by Gasteiger charge is -2.19. The van der Waals surface area contributed by atoms with Crippen molar-refractivity contribution in [1.82, 2.24) is 49.8 Å². The Morgan fingerprint density at radius 3 is 0.831 bits per heavy atom. The average molecular weight is 1650 g/mol. The van der Waals surface area contributed by atoms with E-state index in [0.29, 0.717) is 69.8 Å². The van der Waals surface area contributed by atoms with Gasteiger partial charge in [-0.15, -0.1) is 6.42 Å². The van der Waals surface area contributed by atoms with E-state index in [1.807, 2.05) is 220 Å². The van der Waals surface area contributed by atoms with Crippen molar-refractivity contribution in [1.29, 1.82) is 0 Å². The second-order valence-corrected chi connectivity index (χ2v) is 29.0. The molecule has 0 saturated carbocycles. The first-order valence-electron chi connectivity index (χ1n) is 39.4. The minimum Gasteiger partial charge on any atom is -0.497 e. The van der Waals surface area contributed by atoms with Gasteiger partial charge in [-0.05, 0) is 164 Å². The van der Waals surface area contributed by atoms with Crippen molar-refractivity contribution in [3.05, 3.63) is 414 Å². The summed E-state index contributed by atoms with van der Waals surface area (Å²) in [5.41, 5.74) is 19.7. The lowest BCUT2D eigenvalue weighted by molar-refractivity contribution is 0.0984. The largest absolute Gasteiger partial charge is 0.497 e. The maximum atomic E-state index is 14.1. The summed E-state index contributed by atoms with van der Waals surface area (Å²) < 4.78 is 33.3. The van der Waals surface area contributed by atoms with Gasteiger partial charge in [0.2, 0.25) is 0 Å². The van der Waals surface area contributed by atoms with Crippen LogP contribution in [0.2, 0.25) is 0 Å². The molecule has 0 saturated heterocycles. The molecule has 23 heteroatoms. The summed E-state index contributed by atoms with van der Waals surface area (Å²) in [6, 6.07) is 70.0. The molecule has 0 radical (unpaired) electrons. The maximum Gasteiger partial charge on any atom is 0.167 e. The number of aryl methyl sites for hydroxylation is 3. The highest BCUT2D eigenvalue weighted by molar-refractivity contribution is 6.00. The van der Waals surface area contributed by atoms with E-state index in [0.717, 1.165) is 90.0 Å². The number of rotatable bonds is 26. The second kappa shape index (κ2) is 44.3. The Bertz CT molecular complexity index is 6030. The SMILES string of the molecule is C#Cc1cccc(C(=O)Cc2cc(F)cc(N(C)c3cncnc3)c2)c1.COc1cccc(C(=O)Cc2cccc(N(C)c3cncnc3)c2)c1.Cc1cccc(C(=O)Cc2cc(F)cc(N(C)c3cncnc3)c2)c1.Cc1cccc(C(=O)Cc2cccc(N(C)c3cncnc3)c2)c1.Cc1cccc(C(=O)Cc2cccc(N(C)c3cncnc3)c2)c1. The number of hydrogen-bond donors (Lipinski definition) is 0. The predicted octanol–water partition coefficient (Wildman–Crippen LogP) is 19.5. The van der Waals surface area contributed by atoms with Gasteiger partial charge in [-0.3, -0.25) is 24.0 Å². The molecule has 5 aromatic heterocycles. The van der Waals surface area contributed by atoms with Crippen LogP contribution in [0, 0.1) is 44.7 Å². The minimum absolute atomic E-state index is 0.0362. The molecule has 5 heterocycles. The molecule has 15 rings (SSSR count). The quantitative estimate of drug-likeness (QED) is 0.0361. The van der Waals surface area contributed by atoms with E-state index in [1.165, 1.54) is 55.9 Å². The minimum atomic E-state index is -0.411. The molecular weight excluding hydrogens is 1560 g/mol. The smallest absolute Gasteiger partial charge is 0.167 e. The van der Waals surface area contributed by atoms with Gasteiger partial charge in [0, 0.05) is 129 Å². The zero-order valence-electron chi connectivity index (χ0n) is 70.1. The molecule has 0 aliphatic heterocycles. The zero-order chi connectivity index (χ0) is 87.9. The number of aromatic nitrogens is 10. The van der Waals surface area contributed by atoms with Crippen LogP contribution in [0.15, 0.2) is 324 Å². The molecule has 0 aliphatic rings. The zero-order valence-corrected chi connectivity index (χ0v) is 70.1. The number of halogens is 2. The van der Waals surface area contributed by atoms with Crippen LogP contribution in [-0.2, 0) is 32.1 Å². The summed E-state index contributed by atoms with van der Waals surface area (Å²) >= 11 is 0. The highest BCUT2D eigenvalue weighted by atomic mass is 19.1. The molecule has 0 spiro atoms. The van der Waals surface area contributed by atoms with E-state index < -0.39 is 5.82 Å². The molecule has 0 bridgehead atoms. The van der Waals surface area contributed by atoms with Crippen molar-refractivity contribution in [2.45, 2.75) is 52.9 Å². The number of terminal acetylenes is 1. The number of carbonyl (C=O) groups excluding carboxylic acids is 5. The molecular formula is C101H91F2N15O6. The summed E-state index contributed by atoms with van der Waals surface area (Å²) in [6.45, 7) is 5.93. The Labute approximate surface area is 720 Å². The van der Waals surface area contributed by atoms with Crippen molar-refractivity contribution < 1.29 is 37.5 Å². The molecule has 124 heavy (non-hydrogen) atoms. The van der Waals surface area contributed by atoms with Gasteiger partial charge in [0.05, 0.1) is 97.5 Å². The molecule has 10 aromatic carbocycles. The van der Waals surface area contributed by atoms with E-state index in [4.69, 9.17) is 11.2 Å². The molecule has 0 aliphatic carbocycles. The highest BCUT2D eigenvalue weighted by Crippen LogP contribution is 2.31. The van der Waals surface area contributed by atoms with E-state index in [1.54, 1.807) is 135 Å². The number of hydrogen-bond acceptors (Lipinski definition) is 21. The summed E-state index contributed by atoms with van der Waals surface area (Å²) in [4.78, 5) is 112. The maximum absolute atomic E-state index is 14.1. The highest BCUT2D eigenvalue weighted by Gasteiger charge is 2.19. The molecule has 0 unspecified atom stereocenters. The number of ether oxygens (including phenoxy) is 1. The van der Waals surface area contributed by atoms with Crippen LogP contribution in [0.5, 0.6) is 5.75 Å². The molecule has 0 amide bonds. The van der Waals surface area contributed by atoms with Crippen molar-refractivity contribution >= 4 is 85.8 Å². The Hall–Kier alpha value is -15.8. The number of nitrogens with zero attached hydrogens (tertiary/aromatic N) is 15. The number of ketones is 5. The van der Waals surface area contributed by atoms with Crippen molar-refractivity contribution in [2.24, 2.45) is 0 Å². The Balaban J connectivity index is 0.000000151. The molecule has 0 fully saturated rings. The number of anilines is 10. The van der Waals surface area contributed by atoms with Gasteiger partial charge in [-0.2, -0.15) is 0 Å². The van der Waals surface area contributed by atoms with Crippen LogP contribution < -0.4 is 29.2 Å².